The third-order valence-corrected chi connectivity index (χ3v) is 4.87. The molecule has 0 spiro atoms. The SMILES string of the molecule is CCCCCCCn1c(CN(C)C(=O)c2ccncc2)nc2ccccc21. The van der Waals surface area contributed by atoms with Gasteiger partial charge in [-0.1, -0.05) is 44.7 Å². The number of amides is 1. The number of fused-ring (bicyclic) bond motifs is 1. The van der Waals surface area contributed by atoms with Crippen LogP contribution in [0.4, 0.5) is 0 Å². The first-order valence-corrected chi connectivity index (χ1v) is 9.80. The zero-order valence-electron chi connectivity index (χ0n) is 16.3. The molecule has 3 rings (SSSR count). The van der Waals surface area contributed by atoms with Gasteiger partial charge in [0, 0.05) is 31.5 Å². The van der Waals surface area contributed by atoms with Gasteiger partial charge in [0.1, 0.15) is 5.82 Å². The van der Waals surface area contributed by atoms with Crippen molar-refractivity contribution in [3.63, 3.8) is 0 Å². The largest absolute Gasteiger partial charge is 0.334 e. The van der Waals surface area contributed by atoms with Gasteiger partial charge in [0.05, 0.1) is 17.6 Å². The van der Waals surface area contributed by atoms with Gasteiger partial charge in [-0.05, 0) is 30.7 Å². The van der Waals surface area contributed by atoms with E-state index in [4.69, 9.17) is 4.98 Å². The molecule has 0 bridgehead atoms. The van der Waals surface area contributed by atoms with Gasteiger partial charge >= 0.3 is 0 Å². The first-order valence-electron chi connectivity index (χ1n) is 9.80. The van der Waals surface area contributed by atoms with Crippen LogP contribution >= 0.6 is 0 Å². The van der Waals surface area contributed by atoms with Crippen molar-refractivity contribution in [3.05, 3.63) is 60.2 Å². The molecule has 5 nitrogen and oxygen atoms in total. The van der Waals surface area contributed by atoms with Crippen LogP contribution < -0.4 is 0 Å². The Bertz CT molecular complexity index is 872. The lowest BCUT2D eigenvalue weighted by atomic mass is 10.1. The fraction of sp³-hybridized carbons (Fsp3) is 0.409. The van der Waals surface area contributed by atoms with E-state index in [9.17, 15) is 4.79 Å². The number of imidazole rings is 1. The lowest BCUT2D eigenvalue weighted by molar-refractivity contribution is 0.0780. The molecule has 1 aromatic carbocycles. The molecule has 0 N–H and O–H groups in total. The molecular formula is C22H28N4O. The lowest BCUT2D eigenvalue weighted by Gasteiger charge is -2.18. The molecule has 0 fully saturated rings. The smallest absolute Gasteiger partial charge is 0.254 e. The van der Waals surface area contributed by atoms with Crippen molar-refractivity contribution in [2.45, 2.75) is 52.1 Å². The molecular weight excluding hydrogens is 336 g/mol. The molecule has 0 saturated heterocycles. The molecule has 0 aliphatic carbocycles. The third kappa shape index (κ3) is 4.73. The average molecular weight is 364 g/mol. The normalized spacial score (nSPS) is 11.0. The molecule has 1 amide bonds. The van der Waals surface area contributed by atoms with E-state index in [1.165, 1.54) is 25.7 Å². The predicted octanol–water partition coefficient (Wildman–Crippen LogP) is 4.67. The van der Waals surface area contributed by atoms with Crippen molar-refractivity contribution in [3.8, 4) is 0 Å². The Morgan fingerprint density at radius 1 is 1.04 bits per heavy atom. The summed E-state index contributed by atoms with van der Waals surface area (Å²) >= 11 is 0. The predicted molar refractivity (Wildman–Crippen MR) is 109 cm³/mol. The maximum atomic E-state index is 12.7. The maximum Gasteiger partial charge on any atom is 0.254 e. The van der Waals surface area contributed by atoms with Gasteiger partial charge in [-0.15, -0.1) is 0 Å². The van der Waals surface area contributed by atoms with Gasteiger partial charge in [0.2, 0.25) is 0 Å². The highest BCUT2D eigenvalue weighted by atomic mass is 16.2. The van der Waals surface area contributed by atoms with Crippen molar-refractivity contribution in [2.75, 3.05) is 7.05 Å². The lowest BCUT2D eigenvalue weighted by Crippen LogP contribution is -2.27. The second-order valence-electron chi connectivity index (χ2n) is 6.98. The first-order chi connectivity index (χ1) is 13.2. The molecule has 0 aliphatic heterocycles. The Balaban J connectivity index is 1.76. The van der Waals surface area contributed by atoms with Gasteiger partial charge in [-0.2, -0.15) is 0 Å². The molecule has 0 aliphatic rings. The van der Waals surface area contributed by atoms with Crippen LogP contribution in [0.3, 0.4) is 0 Å². The van der Waals surface area contributed by atoms with Crippen LogP contribution in [-0.2, 0) is 13.1 Å². The standard InChI is InChI=1S/C22H28N4O/c1-3-4-5-6-9-16-26-20-11-8-7-10-19(20)24-21(26)17-25(2)22(27)18-12-14-23-15-13-18/h7-8,10-15H,3-6,9,16-17H2,1-2H3. The summed E-state index contributed by atoms with van der Waals surface area (Å²) < 4.78 is 2.28. The Kier molecular flexibility index (Phi) is 6.58. The number of unbranched alkanes of at least 4 members (excludes halogenated alkanes) is 4. The van der Waals surface area contributed by atoms with Crippen molar-refractivity contribution in [2.24, 2.45) is 0 Å². The number of aromatic nitrogens is 3. The number of carbonyl (C=O) groups excluding carboxylic acids is 1. The number of benzene rings is 1. The van der Waals surface area contributed by atoms with Crippen LogP contribution in [0.25, 0.3) is 11.0 Å². The molecule has 0 radical (unpaired) electrons. The van der Waals surface area contributed by atoms with Crippen molar-refractivity contribution in [1.82, 2.24) is 19.4 Å². The molecule has 2 heterocycles. The fourth-order valence-electron chi connectivity index (χ4n) is 3.37. The van der Waals surface area contributed by atoms with E-state index < -0.39 is 0 Å². The minimum Gasteiger partial charge on any atom is -0.334 e. The van der Waals surface area contributed by atoms with Crippen LogP contribution in [0.2, 0.25) is 0 Å². The molecule has 3 aromatic rings. The quantitative estimate of drug-likeness (QED) is 0.518. The molecule has 0 unspecified atom stereocenters. The number of carbonyl (C=O) groups is 1. The molecule has 2 aromatic heterocycles. The van der Waals surface area contributed by atoms with Crippen LogP contribution in [0.5, 0.6) is 0 Å². The monoisotopic (exact) mass is 364 g/mol. The Morgan fingerprint density at radius 2 is 1.78 bits per heavy atom. The van der Waals surface area contributed by atoms with Gasteiger partial charge in [0.15, 0.2) is 0 Å². The minimum absolute atomic E-state index is 0.0149. The van der Waals surface area contributed by atoms with Gasteiger partial charge in [-0.25, -0.2) is 4.98 Å². The van der Waals surface area contributed by atoms with Crippen LogP contribution in [0, 0.1) is 0 Å². The van der Waals surface area contributed by atoms with Gasteiger partial charge in [-0.3, -0.25) is 9.78 Å². The minimum atomic E-state index is -0.0149. The van der Waals surface area contributed by atoms with E-state index in [2.05, 4.69) is 22.5 Å². The summed E-state index contributed by atoms with van der Waals surface area (Å²) in [6.45, 7) is 3.67. The van der Waals surface area contributed by atoms with Crippen molar-refractivity contribution < 1.29 is 4.79 Å². The van der Waals surface area contributed by atoms with Crippen LogP contribution in [0.15, 0.2) is 48.8 Å². The fourth-order valence-corrected chi connectivity index (χ4v) is 3.37. The molecule has 27 heavy (non-hydrogen) atoms. The number of para-hydroxylation sites is 2. The zero-order valence-corrected chi connectivity index (χ0v) is 16.3. The second kappa shape index (κ2) is 9.31. The van der Waals surface area contributed by atoms with E-state index in [1.54, 1.807) is 29.4 Å². The third-order valence-electron chi connectivity index (χ3n) is 4.87. The van der Waals surface area contributed by atoms with E-state index >= 15 is 0 Å². The number of pyridine rings is 1. The number of rotatable bonds is 9. The van der Waals surface area contributed by atoms with E-state index in [0.29, 0.717) is 12.1 Å². The molecule has 5 heteroatoms. The molecule has 0 atom stereocenters. The van der Waals surface area contributed by atoms with E-state index in [-0.39, 0.29) is 5.91 Å². The first kappa shape index (κ1) is 19.1. The number of hydrogen-bond donors (Lipinski definition) is 0. The van der Waals surface area contributed by atoms with Crippen LogP contribution in [0.1, 0.15) is 55.2 Å². The number of hydrogen-bond acceptors (Lipinski definition) is 3. The van der Waals surface area contributed by atoms with Crippen molar-refractivity contribution >= 4 is 16.9 Å². The van der Waals surface area contributed by atoms with Gasteiger partial charge < -0.3 is 9.47 Å². The molecule has 0 saturated carbocycles. The highest BCUT2D eigenvalue weighted by Gasteiger charge is 2.16. The second-order valence-corrected chi connectivity index (χ2v) is 6.98. The Morgan fingerprint density at radius 3 is 2.56 bits per heavy atom. The summed E-state index contributed by atoms with van der Waals surface area (Å²) in [7, 11) is 1.83. The highest BCUT2D eigenvalue weighted by Crippen LogP contribution is 2.19. The Hall–Kier alpha value is -2.69. The topological polar surface area (TPSA) is 51.0 Å². The molecule has 142 valence electrons. The average Bonchev–Trinajstić information content (AvgIpc) is 3.05. The summed E-state index contributed by atoms with van der Waals surface area (Å²) in [6, 6.07) is 11.7. The summed E-state index contributed by atoms with van der Waals surface area (Å²) in [5, 5.41) is 0. The van der Waals surface area contributed by atoms with Crippen molar-refractivity contribution in [1.29, 1.82) is 0 Å². The zero-order chi connectivity index (χ0) is 19.1. The van der Waals surface area contributed by atoms with E-state index in [0.717, 1.165) is 29.8 Å². The van der Waals surface area contributed by atoms with E-state index in [1.807, 2.05) is 25.2 Å². The Labute approximate surface area is 161 Å². The number of aryl methyl sites for hydroxylation is 1. The highest BCUT2D eigenvalue weighted by molar-refractivity contribution is 5.93. The number of nitrogens with zero attached hydrogens (tertiary/aromatic N) is 4. The van der Waals surface area contributed by atoms with Crippen LogP contribution in [-0.4, -0.2) is 32.4 Å². The maximum absolute atomic E-state index is 12.7. The summed E-state index contributed by atoms with van der Waals surface area (Å²) in [4.78, 5) is 23.2. The summed E-state index contributed by atoms with van der Waals surface area (Å²) in [5.74, 6) is 0.926. The summed E-state index contributed by atoms with van der Waals surface area (Å²) in [5.41, 5.74) is 2.79. The summed E-state index contributed by atoms with van der Waals surface area (Å²) in [6.07, 6.45) is 9.47. The van der Waals surface area contributed by atoms with Gasteiger partial charge in [0.25, 0.3) is 5.91 Å².